The quantitative estimate of drug-likeness (QED) is 0.925. The van der Waals surface area contributed by atoms with E-state index in [9.17, 15) is 4.79 Å². The Labute approximate surface area is 118 Å². The maximum absolute atomic E-state index is 11.5. The lowest BCUT2D eigenvalue weighted by Gasteiger charge is -2.26. The molecule has 0 atom stereocenters. The molecule has 1 fully saturated rings. The van der Waals surface area contributed by atoms with Crippen molar-refractivity contribution in [1.29, 1.82) is 0 Å². The third-order valence-electron chi connectivity index (χ3n) is 3.60. The number of carbonyl (C=O) groups is 1. The van der Waals surface area contributed by atoms with Gasteiger partial charge in [-0.05, 0) is 11.1 Å². The first-order valence-corrected chi connectivity index (χ1v) is 6.81. The van der Waals surface area contributed by atoms with E-state index >= 15 is 0 Å². The highest BCUT2D eigenvalue weighted by molar-refractivity contribution is 5.70. The second-order valence-corrected chi connectivity index (χ2v) is 5.25. The molecule has 3 rings (SSSR count). The lowest BCUT2D eigenvalue weighted by molar-refractivity contribution is 0.0573. The molecule has 0 saturated carbocycles. The molecular formula is C17H17NO2. The van der Waals surface area contributed by atoms with E-state index in [0.717, 1.165) is 12.8 Å². The number of alkyl carbamates (subject to hydrolysis) is 1. The van der Waals surface area contributed by atoms with Crippen LogP contribution in [-0.2, 0) is 17.6 Å². The predicted molar refractivity (Wildman–Crippen MR) is 77.5 cm³/mol. The van der Waals surface area contributed by atoms with E-state index < -0.39 is 5.60 Å². The molecule has 0 unspecified atom stereocenters. The van der Waals surface area contributed by atoms with Gasteiger partial charge in [-0.25, -0.2) is 4.79 Å². The Bertz CT molecular complexity index is 539. The van der Waals surface area contributed by atoms with Crippen LogP contribution in [0.4, 0.5) is 4.79 Å². The van der Waals surface area contributed by atoms with Gasteiger partial charge >= 0.3 is 6.09 Å². The van der Waals surface area contributed by atoms with Crippen molar-refractivity contribution in [1.82, 2.24) is 5.32 Å². The number of hydrogen-bond acceptors (Lipinski definition) is 2. The molecule has 2 aromatic rings. The number of hydrogen-bond donors (Lipinski definition) is 1. The van der Waals surface area contributed by atoms with Crippen LogP contribution in [0.1, 0.15) is 11.1 Å². The molecule has 0 bridgehead atoms. The minimum Gasteiger partial charge on any atom is -0.440 e. The second-order valence-electron chi connectivity index (χ2n) is 5.25. The van der Waals surface area contributed by atoms with Crippen molar-refractivity contribution < 1.29 is 9.53 Å². The van der Waals surface area contributed by atoms with Crippen LogP contribution in [-0.4, -0.2) is 18.2 Å². The van der Waals surface area contributed by atoms with Gasteiger partial charge in [-0.15, -0.1) is 0 Å². The normalized spacial score (nSPS) is 16.5. The maximum atomic E-state index is 11.5. The Hall–Kier alpha value is -2.29. The summed E-state index contributed by atoms with van der Waals surface area (Å²) in [6.07, 6.45) is 1.13. The summed E-state index contributed by atoms with van der Waals surface area (Å²) < 4.78 is 5.61. The van der Waals surface area contributed by atoms with Gasteiger partial charge < -0.3 is 10.1 Å². The molecule has 3 nitrogen and oxygen atoms in total. The number of benzene rings is 2. The lowest BCUT2D eigenvalue weighted by atomic mass is 9.88. The molecule has 1 aliphatic heterocycles. The van der Waals surface area contributed by atoms with Crippen molar-refractivity contribution in [3.63, 3.8) is 0 Å². The van der Waals surface area contributed by atoms with Crippen molar-refractivity contribution in [3.05, 3.63) is 71.8 Å². The summed E-state index contributed by atoms with van der Waals surface area (Å²) in [5.74, 6) is 0. The van der Waals surface area contributed by atoms with Gasteiger partial charge in [0.25, 0.3) is 0 Å². The molecule has 1 amide bonds. The summed E-state index contributed by atoms with van der Waals surface area (Å²) >= 11 is 0. The van der Waals surface area contributed by atoms with Crippen molar-refractivity contribution in [3.8, 4) is 0 Å². The summed E-state index contributed by atoms with van der Waals surface area (Å²) in [7, 11) is 0. The molecule has 1 heterocycles. The topological polar surface area (TPSA) is 38.3 Å². The average Bonchev–Trinajstić information content (AvgIpc) is 2.82. The first-order valence-electron chi connectivity index (χ1n) is 6.81. The molecule has 1 N–H and O–H groups in total. The van der Waals surface area contributed by atoms with Crippen LogP contribution in [0.3, 0.4) is 0 Å². The van der Waals surface area contributed by atoms with Gasteiger partial charge in [0, 0.05) is 12.8 Å². The van der Waals surface area contributed by atoms with Crippen molar-refractivity contribution in [2.45, 2.75) is 18.4 Å². The molecule has 3 heteroatoms. The fourth-order valence-corrected chi connectivity index (χ4v) is 2.70. The predicted octanol–water partition coefficient (Wildman–Crippen LogP) is 2.95. The molecule has 0 radical (unpaired) electrons. The lowest BCUT2D eigenvalue weighted by Crippen LogP contribution is -2.38. The highest BCUT2D eigenvalue weighted by atomic mass is 16.6. The summed E-state index contributed by atoms with van der Waals surface area (Å²) in [6, 6.07) is 20.3. The van der Waals surface area contributed by atoms with Crippen LogP contribution in [0.5, 0.6) is 0 Å². The molecule has 0 aliphatic carbocycles. The monoisotopic (exact) mass is 267 g/mol. The van der Waals surface area contributed by atoms with E-state index in [2.05, 4.69) is 29.6 Å². The van der Waals surface area contributed by atoms with Gasteiger partial charge in [0.05, 0.1) is 6.54 Å². The van der Waals surface area contributed by atoms with Crippen LogP contribution in [0, 0.1) is 0 Å². The summed E-state index contributed by atoms with van der Waals surface area (Å²) in [6.45, 7) is 0.551. The Balaban J connectivity index is 1.84. The molecule has 1 saturated heterocycles. The number of rotatable bonds is 4. The smallest absolute Gasteiger partial charge is 0.407 e. The number of carbonyl (C=O) groups excluding carboxylic acids is 1. The van der Waals surface area contributed by atoms with Crippen LogP contribution in [0.25, 0.3) is 0 Å². The van der Waals surface area contributed by atoms with Crippen LogP contribution < -0.4 is 5.32 Å². The minimum atomic E-state index is -0.486. The first kappa shape index (κ1) is 12.7. The Morgan fingerprint density at radius 3 is 1.80 bits per heavy atom. The molecule has 102 valence electrons. The van der Waals surface area contributed by atoms with Crippen LogP contribution in [0.15, 0.2) is 60.7 Å². The number of amides is 1. The molecule has 20 heavy (non-hydrogen) atoms. The summed E-state index contributed by atoms with van der Waals surface area (Å²) in [4.78, 5) is 11.5. The molecule has 0 spiro atoms. The SMILES string of the molecule is O=C1NCC(Cc2ccccc2)(Cc2ccccc2)O1. The van der Waals surface area contributed by atoms with E-state index in [-0.39, 0.29) is 6.09 Å². The molecular weight excluding hydrogens is 250 g/mol. The van der Waals surface area contributed by atoms with E-state index in [1.165, 1.54) is 11.1 Å². The van der Waals surface area contributed by atoms with E-state index in [0.29, 0.717) is 6.54 Å². The Morgan fingerprint density at radius 2 is 1.40 bits per heavy atom. The van der Waals surface area contributed by atoms with Gasteiger partial charge in [-0.2, -0.15) is 0 Å². The fraction of sp³-hybridized carbons (Fsp3) is 0.235. The molecule has 2 aromatic carbocycles. The zero-order chi connectivity index (χ0) is 13.8. The van der Waals surface area contributed by atoms with Gasteiger partial charge in [0.1, 0.15) is 5.60 Å². The Morgan fingerprint density at radius 1 is 0.900 bits per heavy atom. The maximum Gasteiger partial charge on any atom is 0.407 e. The van der Waals surface area contributed by atoms with Crippen molar-refractivity contribution >= 4 is 6.09 Å². The van der Waals surface area contributed by atoms with Crippen molar-refractivity contribution in [2.75, 3.05) is 6.54 Å². The second kappa shape index (κ2) is 5.37. The fourth-order valence-electron chi connectivity index (χ4n) is 2.70. The largest absolute Gasteiger partial charge is 0.440 e. The van der Waals surface area contributed by atoms with Crippen LogP contribution in [0.2, 0.25) is 0 Å². The van der Waals surface area contributed by atoms with Gasteiger partial charge in [0.2, 0.25) is 0 Å². The number of cyclic esters (lactones) is 1. The highest BCUT2D eigenvalue weighted by Crippen LogP contribution is 2.26. The third-order valence-corrected chi connectivity index (χ3v) is 3.60. The molecule has 0 aromatic heterocycles. The summed E-state index contributed by atoms with van der Waals surface area (Å²) in [5, 5.41) is 2.79. The van der Waals surface area contributed by atoms with E-state index in [1.54, 1.807) is 0 Å². The summed E-state index contributed by atoms with van der Waals surface area (Å²) in [5.41, 5.74) is 1.87. The first-order chi connectivity index (χ1) is 9.76. The minimum absolute atomic E-state index is 0.322. The zero-order valence-corrected chi connectivity index (χ0v) is 11.2. The highest BCUT2D eigenvalue weighted by Gasteiger charge is 2.40. The number of ether oxygens (including phenoxy) is 1. The van der Waals surface area contributed by atoms with Crippen molar-refractivity contribution in [2.24, 2.45) is 0 Å². The standard InChI is InChI=1S/C17H17NO2/c19-16-18-13-17(20-16,11-14-7-3-1-4-8-14)12-15-9-5-2-6-10-15/h1-10H,11-13H2,(H,18,19). The van der Waals surface area contributed by atoms with Gasteiger partial charge in [0.15, 0.2) is 0 Å². The van der Waals surface area contributed by atoms with E-state index in [1.807, 2.05) is 36.4 Å². The number of nitrogens with one attached hydrogen (secondary N) is 1. The zero-order valence-electron chi connectivity index (χ0n) is 11.2. The van der Waals surface area contributed by atoms with Crippen LogP contribution >= 0.6 is 0 Å². The average molecular weight is 267 g/mol. The molecule has 1 aliphatic rings. The van der Waals surface area contributed by atoms with E-state index in [4.69, 9.17) is 4.74 Å². The van der Waals surface area contributed by atoms with Gasteiger partial charge in [-0.3, -0.25) is 0 Å². The Kier molecular flexibility index (Phi) is 3.42. The third kappa shape index (κ3) is 2.82. The van der Waals surface area contributed by atoms with Gasteiger partial charge in [-0.1, -0.05) is 60.7 Å².